The standard InChI is InChI=1S/C26H31N/c1-2-27(21-20-24-14-8-4-9-15-24)26(22-25-16-10-5-11-17-25)19-18-23-12-6-3-7-13-23/h3-17,26H,2,18-22H2,1H3. The number of hydrogen-bond acceptors (Lipinski definition) is 1. The van der Waals surface area contributed by atoms with E-state index in [1.807, 2.05) is 0 Å². The maximum Gasteiger partial charge on any atom is 0.0139 e. The van der Waals surface area contributed by atoms with Gasteiger partial charge in [0.1, 0.15) is 0 Å². The molecule has 3 rings (SSSR count). The molecule has 0 bridgehead atoms. The van der Waals surface area contributed by atoms with Crippen LogP contribution in [0.3, 0.4) is 0 Å². The first kappa shape index (κ1) is 19.4. The molecule has 0 saturated heterocycles. The van der Waals surface area contributed by atoms with E-state index in [4.69, 9.17) is 0 Å². The van der Waals surface area contributed by atoms with Crippen molar-refractivity contribution < 1.29 is 0 Å². The maximum absolute atomic E-state index is 2.67. The lowest BCUT2D eigenvalue weighted by molar-refractivity contribution is 0.196. The Hall–Kier alpha value is -2.38. The van der Waals surface area contributed by atoms with Crippen molar-refractivity contribution in [3.63, 3.8) is 0 Å². The minimum Gasteiger partial charge on any atom is -0.300 e. The Balaban J connectivity index is 1.67. The summed E-state index contributed by atoms with van der Waals surface area (Å²) in [6, 6.07) is 33.3. The van der Waals surface area contributed by atoms with Gasteiger partial charge in [-0.15, -0.1) is 0 Å². The topological polar surface area (TPSA) is 3.24 Å². The third-order valence-electron chi connectivity index (χ3n) is 5.38. The molecule has 0 spiro atoms. The SMILES string of the molecule is CCN(CCc1ccccc1)C(CCc1ccccc1)Cc1ccccc1. The van der Waals surface area contributed by atoms with Crippen molar-refractivity contribution in [1.29, 1.82) is 0 Å². The zero-order chi connectivity index (χ0) is 18.7. The molecule has 1 atom stereocenters. The number of hydrogen-bond donors (Lipinski definition) is 0. The normalized spacial score (nSPS) is 12.2. The number of aryl methyl sites for hydroxylation is 1. The molecule has 1 nitrogen and oxygen atoms in total. The molecule has 140 valence electrons. The Morgan fingerprint density at radius 3 is 1.63 bits per heavy atom. The first-order valence-corrected chi connectivity index (χ1v) is 10.2. The van der Waals surface area contributed by atoms with Gasteiger partial charge in [-0.1, -0.05) is 97.9 Å². The Morgan fingerprint density at radius 1 is 0.630 bits per heavy atom. The van der Waals surface area contributed by atoms with Gasteiger partial charge < -0.3 is 0 Å². The quantitative estimate of drug-likeness (QED) is 0.443. The van der Waals surface area contributed by atoms with Crippen LogP contribution in [0.4, 0.5) is 0 Å². The van der Waals surface area contributed by atoms with Crippen molar-refractivity contribution in [1.82, 2.24) is 4.90 Å². The van der Waals surface area contributed by atoms with Crippen LogP contribution in [0.1, 0.15) is 30.0 Å². The average Bonchev–Trinajstić information content (AvgIpc) is 2.74. The number of likely N-dealkylation sites (N-methyl/N-ethyl adjacent to an activating group) is 1. The number of nitrogens with zero attached hydrogens (tertiary/aromatic N) is 1. The van der Waals surface area contributed by atoms with E-state index in [-0.39, 0.29) is 0 Å². The molecule has 0 aliphatic heterocycles. The summed E-state index contributed by atoms with van der Waals surface area (Å²) < 4.78 is 0. The van der Waals surface area contributed by atoms with Crippen LogP contribution in [0.25, 0.3) is 0 Å². The summed E-state index contributed by atoms with van der Waals surface area (Å²) in [7, 11) is 0. The predicted octanol–water partition coefficient (Wildman–Crippen LogP) is 5.80. The molecule has 0 aliphatic rings. The van der Waals surface area contributed by atoms with Gasteiger partial charge >= 0.3 is 0 Å². The maximum atomic E-state index is 2.67. The summed E-state index contributed by atoms with van der Waals surface area (Å²) in [6.07, 6.45) is 4.57. The van der Waals surface area contributed by atoms with E-state index < -0.39 is 0 Å². The highest BCUT2D eigenvalue weighted by atomic mass is 15.1. The molecule has 0 aliphatic carbocycles. The van der Waals surface area contributed by atoms with Crippen molar-refractivity contribution in [3.05, 3.63) is 108 Å². The zero-order valence-corrected chi connectivity index (χ0v) is 16.4. The van der Waals surface area contributed by atoms with E-state index in [2.05, 4.69) is 103 Å². The van der Waals surface area contributed by atoms with Crippen molar-refractivity contribution in [2.24, 2.45) is 0 Å². The van der Waals surface area contributed by atoms with Crippen LogP contribution < -0.4 is 0 Å². The second-order valence-corrected chi connectivity index (χ2v) is 7.23. The molecule has 3 aromatic carbocycles. The monoisotopic (exact) mass is 357 g/mol. The summed E-state index contributed by atoms with van der Waals surface area (Å²) in [4.78, 5) is 2.67. The Kier molecular flexibility index (Phi) is 7.68. The zero-order valence-electron chi connectivity index (χ0n) is 16.4. The Labute approximate surface area is 164 Å². The van der Waals surface area contributed by atoms with Crippen LogP contribution >= 0.6 is 0 Å². The van der Waals surface area contributed by atoms with E-state index >= 15 is 0 Å². The summed E-state index contributed by atoms with van der Waals surface area (Å²) in [5.41, 5.74) is 4.31. The molecule has 1 unspecified atom stereocenters. The van der Waals surface area contributed by atoms with E-state index in [0.717, 1.165) is 32.4 Å². The number of rotatable bonds is 10. The number of benzene rings is 3. The van der Waals surface area contributed by atoms with Crippen molar-refractivity contribution in [3.8, 4) is 0 Å². The van der Waals surface area contributed by atoms with E-state index in [1.54, 1.807) is 0 Å². The van der Waals surface area contributed by atoms with E-state index in [1.165, 1.54) is 23.1 Å². The minimum absolute atomic E-state index is 0.571. The first-order chi connectivity index (χ1) is 13.3. The molecule has 0 fully saturated rings. The molecule has 0 N–H and O–H groups in total. The van der Waals surface area contributed by atoms with Crippen LogP contribution in [0.5, 0.6) is 0 Å². The van der Waals surface area contributed by atoms with Crippen molar-refractivity contribution in [2.45, 2.75) is 38.6 Å². The lowest BCUT2D eigenvalue weighted by atomic mass is 9.97. The van der Waals surface area contributed by atoms with Gasteiger partial charge in [-0.05, 0) is 48.9 Å². The Bertz CT molecular complexity index is 752. The lowest BCUT2D eigenvalue weighted by Crippen LogP contribution is -2.38. The minimum atomic E-state index is 0.571. The molecule has 0 amide bonds. The highest BCUT2D eigenvalue weighted by Crippen LogP contribution is 2.16. The summed E-state index contributed by atoms with van der Waals surface area (Å²) >= 11 is 0. The van der Waals surface area contributed by atoms with E-state index in [9.17, 15) is 0 Å². The fourth-order valence-corrected chi connectivity index (χ4v) is 3.79. The van der Waals surface area contributed by atoms with Gasteiger partial charge in [0.2, 0.25) is 0 Å². The van der Waals surface area contributed by atoms with Crippen LogP contribution in [0.15, 0.2) is 91.0 Å². The van der Waals surface area contributed by atoms with E-state index in [0.29, 0.717) is 6.04 Å². The lowest BCUT2D eigenvalue weighted by Gasteiger charge is -2.31. The third-order valence-corrected chi connectivity index (χ3v) is 5.38. The van der Waals surface area contributed by atoms with Crippen LogP contribution in [-0.2, 0) is 19.3 Å². The van der Waals surface area contributed by atoms with Crippen molar-refractivity contribution in [2.75, 3.05) is 13.1 Å². The van der Waals surface area contributed by atoms with Crippen LogP contribution in [0, 0.1) is 0 Å². The van der Waals surface area contributed by atoms with Crippen LogP contribution in [-0.4, -0.2) is 24.0 Å². The summed E-state index contributed by atoms with van der Waals surface area (Å²) in [5, 5.41) is 0. The molecular formula is C26H31N. The first-order valence-electron chi connectivity index (χ1n) is 10.2. The molecule has 3 aromatic rings. The fourth-order valence-electron chi connectivity index (χ4n) is 3.79. The largest absolute Gasteiger partial charge is 0.300 e. The fraction of sp³-hybridized carbons (Fsp3) is 0.308. The smallest absolute Gasteiger partial charge is 0.0139 e. The van der Waals surface area contributed by atoms with Gasteiger partial charge in [0.05, 0.1) is 0 Å². The second kappa shape index (κ2) is 10.7. The molecular weight excluding hydrogens is 326 g/mol. The predicted molar refractivity (Wildman–Crippen MR) is 116 cm³/mol. The second-order valence-electron chi connectivity index (χ2n) is 7.23. The van der Waals surface area contributed by atoms with Gasteiger partial charge in [-0.2, -0.15) is 0 Å². The highest BCUT2D eigenvalue weighted by Gasteiger charge is 2.17. The summed E-state index contributed by atoms with van der Waals surface area (Å²) in [5.74, 6) is 0. The molecule has 0 heterocycles. The molecule has 0 saturated carbocycles. The van der Waals surface area contributed by atoms with Gasteiger partial charge in [-0.25, -0.2) is 0 Å². The molecule has 1 heteroatoms. The Morgan fingerprint density at radius 2 is 1.11 bits per heavy atom. The van der Waals surface area contributed by atoms with Crippen molar-refractivity contribution >= 4 is 0 Å². The van der Waals surface area contributed by atoms with Gasteiger partial charge in [-0.3, -0.25) is 4.90 Å². The molecule has 0 radical (unpaired) electrons. The third kappa shape index (κ3) is 6.37. The molecule has 0 aromatic heterocycles. The van der Waals surface area contributed by atoms with Gasteiger partial charge in [0, 0.05) is 12.6 Å². The van der Waals surface area contributed by atoms with Crippen LogP contribution in [0.2, 0.25) is 0 Å². The average molecular weight is 358 g/mol. The summed E-state index contributed by atoms with van der Waals surface area (Å²) in [6.45, 7) is 4.51. The molecule has 27 heavy (non-hydrogen) atoms. The highest BCUT2D eigenvalue weighted by molar-refractivity contribution is 5.18. The van der Waals surface area contributed by atoms with Gasteiger partial charge in [0.25, 0.3) is 0 Å². The van der Waals surface area contributed by atoms with Gasteiger partial charge in [0.15, 0.2) is 0 Å².